The third-order valence-corrected chi connectivity index (χ3v) is 4.66. The van der Waals surface area contributed by atoms with Gasteiger partial charge in [-0.3, -0.25) is 4.98 Å². The minimum absolute atomic E-state index is 0.0760. The molecule has 21 heavy (non-hydrogen) atoms. The van der Waals surface area contributed by atoms with E-state index in [1.54, 1.807) is 25.3 Å². The van der Waals surface area contributed by atoms with Gasteiger partial charge in [-0.2, -0.15) is 4.31 Å². The maximum atomic E-state index is 12.6. The van der Waals surface area contributed by atoms with E-state index in [4.69, 9.17) is 4.74 Å². The summed E-state index contributed by atoms with van der Waals surface area (Å²) in [5.74, 6) is 0.554. The van der Waals surface area contributed by atoms with E-state index >= 15 is 0 Å². The summed E-state index contributed by atoms with van der Waals surface area (Å²) in [7, 11) is -2.12. The smallest absolute Gasteiger partial charge is 0.260 e. The van der Waals surface area contributed by atoms with E-state index in [2.05, 4.69) is 15.0 Å². The molecule has 2 aromatic rings. The number of H-pyrrole nitrogens is 1. The number of aryl methyl sites for hydroxylation is 1. The molecule has 0 saturated carbocycles. The van der Waals surface area contributed by atoms with Crippen molar-refractivity contribution in [3.8, 4) is 0 Å². The number of aromatic amines is 1. The monoisotopic (exact) mass is 310 g/mol. The Morgan fingerprint density at radius 1 is 1.33 bits per heavy atom. The molecular weight excluding hydrogens is 292 g/mol. The number of pyridine rings is 1. The van der Waals surface area contributed by atoms with Gasteiger partial charge < -0.3 is 9.72 Å². The van der Waals surface area contributed by atoms with Crippen molar-refractivity contribution in [3.63, 3.8) is 0 Å². The van der Waals surface area contributed by atoms with Gasteiger partial charge in [-0.25, -0.2) is 13.4 Å². The SMILES string of the molecule is COCCN(Cc1ccccn1)S(=O)(=O)c1cnc(C)[nH]1. The first-order chi connectivity index (χ1) is 10.0. The minimum Gasteiger partial charge on any atom is -0.383 e. The van der Waals surface area contributed by atoms with E-state index in [0.717, 1.165) is 0 Å². The highest BCUT2D eigenvalue weighted by Crippen LogP contribution is 2.15. The van der Waals surface area contributed by atoms with Crippen LogP contribution in [0.1, 0.15) is 11.5 Å². The highest BCUT2D eigenvalue weighted by Gasteiger charge is 2.26. The molecule has 0 amide bonds. The van der Waals surface area contributed by atoms with Crippen LogP contribution in [0, 0.1) is 6.92 Å². The first-order valence-electron chi connectivity index (χ1n) is 6.44. The van der Waals surface area contributed by atoms with Gasteiger partial charge in [0.25, 0.3) is 10.0 Å². The van der Waals surface area contributed by atoms with E-state index < -0.39 is 10.0 Å². The van der Waals surface area contributed by atoms with Gasteiger partial charge in [0.05, 0.1) is 25.0 Å². The van der Waals surface area contributed by atoms with Crippen LogP contribution < -0.4 is 0 Å². The van der Waals surface area contributed by atoms with Crippen molar-refractivity contribution in [2.75, 3.05) is 20.3 Å². The van der Waals surface area contributed by atoms with Crippen LogP contribution in [0.25, 0.3) is 0 Å². The van der Waals surface area contributed by atoms with Crippen LogP contribution in [0.2, 0.25) is 0 Å². The molecule has 0 unspecified atom stereocenters. The Hall–Kier alpha value is -1.77. The zero-order valence-electron chi connectivity index (χ0n) is 12.0. The largest absolute Gasteiger partial charge is 0.383 e. The fourth-order valence-electron chi connectivity index (χ4n) is 1.82. The van der Waals surface area contributed by atoms with Crippen LogP contribution in [0.4, 0.5) is 0 Å². The van der Waals surface area contributed by atoms with Crippen molar-refractivity contribution >= 4 is 10.0 Å². The Morgan fingerprint density at radius 3 is 2.71 bits per heavy atom. The molecule has 0 spiro atoms. The molecule has 0 fully saturated rings. The lowest BCUT2D eigenvalue weighted by molar-refractivity contribution is 0.177. The van der Waals surface area contributed by atoms with Crippen LogP contribution in [0.3, 0.4) is 0 Å². The molecule has 7 nitrogen and oxygen atoms in total. The van der Waals surface area contributed by atoms with Gasteiger partial charge in [-0.1, -0.05) is 6.07 Å². The average molecular weight is 310 g/mol. The molecule has 114 valence electrons. The Kier molecular flexibility index (Phi) is 5.05. The highest BCUT2D eigenvalue weighted by atomic mass is 32.2. The molecule has 2 aromatic heterocycles. The van der Waals surface area contributed by atoms with E-state index in [1.165, 1.54) is 17.6 Å². The highest BCUT2D eigenvalue weighted by molar-refractivity contribution is 7.89. The Balaban J connectivity index is 2.26. The summed E-state index contributed by atoms with van der Waals surface area (Å²) in [5, 5.41) is 0.0760. The van der Waals surface area contributed by atoms with Crippen molar-refractivity contribution in [1.82, 2.24) is 19.3 Å². The minimum atomic E-state index is -3.66. The van der Waals surface area contributed by atoms with Crippen LogP contribution in [0.5, 0.6) is 0 Å². The van der Waals surface area contributed by atoms with Crippen molar-refractivity contribution in [2.45, 2.75) is 18.5 Å². The molecule has 0 aliphatic rings. The number of aromatic nitrogens is 3. The molecule has 0 aromatic carbocycles. The standard InChI is InChI=1S/C13H18N4O3S/c1-11-15-9-13(16-11)21(18,19)17(7-8-20-2)10-12-5-3-4-6-14-12/h3-6,9H,7-8,10H2,1-2H3,(H,15,16). The summed E-state index contributed by atoms with van der Waals surface area (Å²) in [5.41, 5.74) is 0.674. The topological polar surface area (TPSA) is 88.2 Å². The van der Waals surface area contributed by atoms with Gasteiger partial charge in [0.15, 0.2) is 5.03 Å². The average Bonchev–Trinajstić information content (AvgIpc) is 2.92. The number of methoxy groups -OCH3 is 1. The third kappa shape index (κ3) is 3.87. The number of nitrogens with one attached hydrogen (secondary N) is 1. The summed E-state index contributed by atoms with van der Waals surface area (Å²) in [4.78, 5) is 10.9. The van der Waals surface area contributed by atoms with E-state index in [0.29, 0.717) is 18.1 Å². The molecule has 0 bridgehead atoms. The fourth-order valence-corrected chi connectivity index (χ4v) is 3.18. The molecular formula is C13H18N4O3S. The van der Waals surface area contributed by atoms with Crippen molar-refractivity contribution < 1.29 is 13.2 Å². The van der Waals surface area contributed by atoms with Gasteiger partial charge in [0.1, 0.15) is 5.82 Å². The quantitative estimate of drug-likeness (QED) is 0.822. The van der Waals surface area contributed by atoms with Crippen LogP contribution >= 0.6 is 0 Å². The normalized spacial score (nSPS) is 12.0. The molecule has 2 rings (SSSR count). The number of rotatable bonds is 7. The van der Waals surface area contributed by atoms with Crippen molar-refractivity contribution in [1.29, 1.82) is 0 Å². The molecule has 0 radical (unpaired) electrons. The van der Waals surface area contributed by atoms with Crippen LogP contribution in [0.15, 0.2) is 35.6 Å². The predicted molar refractivity (Wildman–Crippen MR) is 77.0 cm³/mol. The molecule has 0 aliphatic heterocycles. The Morgan fingerprint density at radius 2 is 2.14 bits per heavy atom. The molecule has 1 N–H and O–H groups in total. The lowest BCUT2D eigenvalue weighted by atomic mass is 10.3. The second kappa shape index (κ2) is 6.79. The van der Waals surface area contributed by atoms with Gasteiger partial charge >= 0.3 is 0 Å². The predicted octanol–water partition coefficient (Wildman–Crippen LogP) is 0.950. The van der Waals surface area contributed by atoms with Crippen molar-refractivity contribution in [2.24, 2.45) is 0 Å². The molecule has 0 atom stereocenters. The first-order valence-corrected chi connectivity index (χ1v) is 7.88. The van der Waals surface area contributed by atoms with Gasteiger partial charge in [-0.15, -0.1) is 0 Å². The Labute approximate surface area is 124 Å². The van der Waals surface area contributed by atoms with E-state index in [-0.39, 0.29) is 18.1 Å². The lowest BCUT2D eigenvalue weighted by Crippen LogP contribution is -2.34. The number of sulfonamides is 1. The number of hydrogen-bond acceptors (Lipinski definition) is 5. The number of imidazole rings is 1. The number of ether oxygens (including phenoxy) is 1. The van der Waals surface area contributed by atoms with Gasteiger partial charge in [0.2, 0.25) is 0 Å². The summed E-state index contributed by atoms with van der Waals surface area (Å²) in [6.07, 6.45) is 2.96. The van der Waals surface area contributed by atoms with Gasteiger partial charge in [0, 0.05) is 19.9 Å². The zero-order valence-corrected chi connectivity index (χ0v) is 12.8. The summed E-state index contributed by atoms with van der Waals surface area (Å²) < 4.78 is 31.6. The second-order valence-electron chi connectivity index (χ2n) is 4.49. The number of hydrogen-bond donors (Lipinski definition) is 1. The second-order valence-corrected chi connectivity index (χ2v) is 6.39. The molecule has 0 saturated heterocycles. The maximum Gasteiger partial charge on any atom is 0.260 e. The maximum absolute atomic E-state index is 12.6. The fraction of sp³-hybridized carbons (Fsp3) is 0.385. The third-order valence-electron chi connectivity index (χ3n) is 2.91. The molecule has 2 heterocycles. The van der Waals surface area contributed by atoms with E-state index in [1.807, 2.05) is 6.07 Å². The summed E-state index contributed by atoms with van der Waals surface area (Å²) in [6.45, 7) is 2.44. The van der Waals surface area contributed by atoms with Crippen LogP contribution in [-0.2, 0) is 21.3 Å². The van der Waals surface area contributed by atoms with E-state index in [9.17, 15) is 8.42 Å². The lowest BCUT2D eigenvalue weighted by Gasteiger charge is -2.20. The van der Waals surface area contributed by atoms with Gasteiger partial charge in [-0.05, 0) is 19.1 Å². The first kappa shape index (κ1) is 15.6. The molecule has 8 heteroatoms. The number of nitrogens with zero attached hydrogens (tertiary/aromatic N) is 3. The summed E-state index contributed by atoms with van der Waals surface area (Å²) in [6, 6.07) is 5.40. The zero-order chi connectivity index (χ0) is 15.3. The van der Waals surface area contributed by atoms with Crippen LogP contribution in [-0.4, -0.2) is 47.9 Å². The molecule has 0 aliphatic carbocycles. The van der Waals surface area contributed by atoms with Crippen molar-refractivity contribution in [3.05, 3.63) is 42.1 Å². The Bertz CT molecular complexity index is 670. The summed E-state index contributed by atoms with van der Waals surface area (Å²) >= 11 is 0.